The van der Waals surface area contributed by atoms with Crippen molar-refractivity contribution in [1.82, 2.24) is 19.8 Å². The molecule has 0 radical (unpaired) electrons. The van der Waals surface area contributed by atoms with E-state index >= 15 is 0 Å². The summed E-state index contributed by atoms with van der Waals surface area (Å²) < 4.78 is 0. The summed E-state index contributed by atoms with van der Waals surface area (Å²) in [4.78, 5) is 43.7. The number of hydrogen-bond donors (Lipinski definition) is 3. The third-order valence-electron chi connectivity index (χ3n) is 3.98. The zero-order valence-corrected chi connectivity index (χ0v) is 12.9. The lowest BCUT2D eigenvalue weighted by Gasteiger charge is -2.33. The third-order valence-corrected chi connectivity index (χ3v) is 3.98. The van der Waals surface area contributed by atoms with Crippen LogP contribution in [0.15, 0.2) is 23.0 Å². The molecule has 0 unspecified atom stereocenters. The lowest BCUT2D eigenvalue weighted by molar-refractivity contribution is -0.130. The van der Waals surface area contributed by atoms with Gasteiger partial charge in [-0.1, -0.05) is 0 Å². The molecule has 2 aromatic rings. The van der Waals surface area contributed by atoms with E-state index in [9.17, 15) is 14.4 Å². The van der Waals surface area contributed by atoms with Gasteiger partial charge in [0.1, 0.15) is 0 Å². The van der Waals surface area contributed by atoms with Crippen LogP contribution in [0.3, 0.4) is 0 Å². The molecule has 0 atom stereocenters. The molecule has 3 rings (SSSR count). The van der Waals surface area contributed by atoms with Gasteiger partial charge in [0.2, 0.25) is 11.8 Å². The Hall–Kier alpha value is -2.61. The normalized spacial score (nSPS) is 15.8. The zero-order valence-electron chi connectivity index (χ0n) is 12.9. The van der Waals surface area contributed by atoms with Gasteiger partial charge in [0.25, 0.3) is 0 Å². The summed E-state index contributed by atoms with van der Waals surface area (Å²) in [6.45, 7) is 4.53. The van der Waals surface area contributed by atoms with Gasteiger partial charge in [0, 0.05) is 38.8 Å². The summed E-state index contributed by atoms with van der Waals surface area (Å²) in [5, 5.41) is 2.83. The molecule has 1 aliphatic rings. The van der Waals surface area contributed by atoms with Crippen molar-refractivity contribution in [2.45, 2.75) is 6.92 Å². The average Bonchev–Trinajstić information content (AvgIpc) is 2.87. The standard InChI is InChI=1S/C15H19N5O3/c1-10(21)20-6-4-19(5-7-20)9-14(22)16-11-2-3-12-13(8-11)18-15(23)17-12/h2-3,8H,4-7,9H2,1H3,(H,16,22)(H2,17,18,23). The van der Waals surface area contributed by atoms with Crippen LogP contribution < -0.4 is 11.0 Å². The van der Waals surface area contributed by atoms with Crippen LogP contribution in [0.5, 0.6) is 0 Å². The van der Waals surface area contributed by atoms with Crippen molar-refractivity contribution >= 4 is 28.5 Å². The first-order chi connectivity index (χ1) is 11.0. The third kappa shape index (κ3) is 3.59. The monoisotopic (exact) mass is 317 g/mol. The van der Waals surface area contributed by atoms with Crippen molar-refractivity contribution < 1.29 is 9.59 Å². The molecule has 0 saturated carbocycles. The topological polar surface area (TPSA) is 101 Å². The first-order valence-electron chi connectivity index (χ1n) is 7.51. The number of imidazole rings is 1. The van der Waals surface area contributed by atoms with E-state index in [0.717, 1.165) is 0 Å². The fourth-order valence-corrected chi connectivity index (χ4v) is 2.73. The minimum absolute atomic E-state index is 0.0721. The Bertz CT molecular complexity index is 786. The van der Waals surface area contributed by atoms with E-state index in [1.165, 1.54) is 0 Å². The van der Waals surface area contributed by atoms with Gasteiger partial charge in [-0.2, -0.15) is 0 Å². The highest BCUT2D eigenvalue weighted by molar-refractivity contribution is 5.94. The van der Waals surface area contributed by atoms with Gasteiger partial charge in [-0.15, -0.1) is 0 Å². The second-order valence-corrected chi connectivity index (χ2v) is 5.67. The highest BCUT2D eigenvalue weighted by Crippen LogP contribution is 2.14. The molecule has 122 valence electrons. The van der Waals surface area contributed by atoms with Crippen LogP contribution in [0.4, 0.5) is 5.69 Å². The summed E-state index contributed by atoms with van der Waals surface area (Å²) in [5.74, 6) is -0.0404. The van der Waals surface area contributed by atoms with E-state index in [2.05, 4.69) is 15.3 Å². The molecular weight excluding hydrogens is 298 g/mol. The number of carbonyl (C=O) groups excluding carboxylic acids is 2. The summed E-state index contributed by atoms with van der Waals surface area (Å²) in [7, 11) is 0. The van der Waals surface area contributed by atoms with Crippen molar-refractivity contribution in [1.29, 1.82) is 0 Å². The summed E-state index contributed by atoms with van der Waals surface area (Å²) >= 11 is 0. The van der Waals surface area contributed by atoms with Gasteiger partial charge in [-0.3, -0.25) is 14.5 Å². The molecule has 0 aliphatic carbocycles. The number of hydrogen-bond acceptors (Lipinski definition) is 4. The molecular formula is C15H19N5O3. The van der Waals surface area contributed by atoms with Crippen LogP contribution in [0, 0.1) is 0 Å². The number of anilines is 1. The molecule has 1 fully saturated rings. The van der Waals surface area contributed by atoms with Gasteiger partial charge in [0.15, 0.2) is 0 Å². The predicted octanol–water partition coefficient (Wildman–Crippen LogP) is -0.0412. The number of rotatable bonds is 3. The minimum atomic E-state index is -0.271. The van der Waals surface area contributed by atoms with Crippen molar-refractivity contribution in [2.75, 3.05) is 38.0 Å². The lowest BCUT2D eigenvalue weighted by atomic mass is 10.2. The number of fused-ring (bicyclic) bond motifs is 1. The molecule has 8 nitrogen and oxygen atoms in total. The molecule has 1 aromatic carbocycles. The van der Waals surface area contributed by atoms with Crippen LogP contribution in [0.1, 0.15) is 6.92 Å². The van der Waals surface area contributed by atoms with Crippen LogP contribution in [0.2, 0.25) is 0 Å². The van der Waals surface area contributed by atoms with E-state index in [-0.39, 0.29) is 24.0 Å². The Labute approximate surface area is 132 Å². The molecule has 1 aromatic heterocycles. The Balaban J connectivity index is 1.56. The number of nitrogens with one attached hydrogen (secondary N) is 3. The highest BCUT2D eigenvalue weighted by atomic mass is 16.2. The van der Waals surface area contributed by atoms with E-state index < -0.39 is 0 Å². The number of H-pyrrole nitrogens is 2. The second-order valence-electron chi connectivity index (χ2n) is 5.67. The molecule has 2 heterocycles. The lowest BCUT2D eigenvalue weighted by Crippen LogP contribution is -2.49. The molecule has 3 N–H and O–H groups in total. The molecule has 0 bridgehead atoms. The van der Waals surface area contributed by atoms with Gasteiger partial charge in [-0.25, -0.2) is 4.79 Å². The van der Waals surface area contributed by atoms with E-state index in [4.69, 9.17) is 0 Å². The maximum absolute atomic E-state index is 12.1. The number of aromatic amines is 2. The summed E-state index contributed by atoms with van der Waals surface area (Å²) in [6, 6.07) is 5.21. The molecule has 0 spiro atoms. The van der Waals surface area contributed by atoms with Crippen molar-refractivity contribution in [2.24, 2.45) is 0 Å². The number of amides is 2. The van der Waals surface area contributed by atoms with E-state index in [1.54, 1.807) is 30.0 Å². The summed E-state index contributed by atoms with van der Waals surface area (Å²) in [5.41, 5.74) is 1.73. The quantitative estimate of drug-likeness (QED) is 0.739. The van der Waals surface area contributed by atoms with Crippen molar-refractivity contribution in [3.05, 3.63) is 28.7 Å². The van der Waals surface area contributed by atoms with Gasteiger partial charge >= 0.3 is 5.69 Å². The Kier molecular flexibility index (Phi) is 4.16. The molecule has 2 amide bonds. The fraction of sp³-hybridized carbons (Fsp3) is 0.400. The van der Waals surface area contributed by atoms with Crippen molar-refractivity contribution in [3.63, 3.8) is 0 Å². The van der Waals surface area contributed by atoms with Gasteiger partial charge in [0.05, 0.1) is 17.6 Å². The number of piperazine rings is 1. The van der Waals surface area contributed by atoms with E-state index in [1.807, 2.05) is 4.90 Å². The van der Waals surface area contributed by atoms with Crippen LogP contribution >= 0.6 is 0 Å². The fourth-order valence-electron chi connectivity index (χ4n) is 2.73. The zero-order chi connectivity index (χ0) is 16.4. The van der Waals surface area contributed by atoms with Crippen LogP contribution in [-0.4, -0.2) is 64.3 Å². The first kappa shape index (κ1) is 15.3. The smallest absolute Gasteiger partial charge is 0.323 e. The average molecular weight is 317 g/mol. The molecule has 8 heteroatoms. The molecule has 1 aliphatic heterocycles. The largest absolute Gasteiger partial charge is 0.340 e. The SMILES string of the molecule is CC(=O)N1CCN(CC(=O)Nc2ccc3[nH]c(=O)[nH]c3c2)CC1. The van der Waals surface area contributed by atoms with Crippen molar-refractivity contribution in [3.8, 4) is 0 Å². The molecule has 1 saturated heterocycles. The Morgan fingerprint density at radius 3 is 2.52 bits per heavy atom. The number of carbonyl (C=O) groups is 2. The van der Waals surface area contributed by atoms with Crippen LogP contribution in [0.25, 0.3) is 11.0 Å². The Morgan fingerprint density at radius 1 is 1.13 bits per heavy atom. The number of benzene rings is 1. The maximum atomic E-state index is 12.1. The summed E-state index contributed by atoms with van der Waals surface area (Å²) in [6.07, 6.45) is 0. The van der Waals surface area contributed by atoms with Crippen LogP contribution in [-0.2, 0) is 9.59 Å². The first-order valence-corrected chi connectivity index (χ1v) is 7.51. The minimum Gasteiger partial charge on any atom is -0.340 e. The number of aromatic nitrogens is 2. The molecule has 23 heavy (non-hydrogen) atoms. The van der Waals surface area contributed by atoms with Gasteiger partial charge < -0.3 is 20.2 Å². The van der Waals surface area contributed by atoms with Gasteiger partial charge in [-0.05, 0) is 18.2 Å². The second kappa shape index (κ2) is 6.25. The highest BCUT2D eigenvalue weighted by Gasteiger charge is 2.20. The van der Waals surface area contributed by atoms with E-state index in [0.29, 0.717) is 42.9 Å². The maximum Gasteiger partial charge on any atom is 0.323 e. The number of nitrogens with zero attached hydrogens (tertiary/aromatic N) is 2. The Morgan fingerprint density at radius 2 is 1.83 bits per heavy atom. The predicted molar refractivity (Wildman–Crippen MR) is 86.2 cm³/mol.